The number of allylic oxidation sites excluding steroid dienone is 1. The lowest BCUT2D eigenvalue weighted by Crippen LogP contribution is -2.13. The second kappa shape index (κ2) is 6.36. The molecule has 0 fully saturated rings. The SMILES string of the molecule is CC1C=NC=CC1c1cc2ccccc2c(Nc2ccc3cn[nH]c3c2)n1. The van der Waals surface area contributed by atoms with Crippen LogP contribution >= 0.6 is 0 Å². The third-order valence-corrected chi connectivity index (χ3v) is 5.07. The molecule has 2 aromatic heterocycles. The van der Waals surface area contributed by atoms with Crippen LogP contribution in [-0.4, -0.2) is 21.4 Å². The average Bonchev–Trinajstić information content (AvgIpc) is 3.16. The molecule has 27 heavy (non-hydrogen) atoms. The number of aliphatic imine (C=N–C) groups is 1. The van der Waals surface area contributed by atoms with Crippen LogP contribution in [0.4, 0.5) is 11.5 Å². The Labute approximate surface area is 156 Å². The lowest BCUT2D eigenvalue weighted by Gasteiger charge is -2.21. The van der Waals surface area contributed by atoms with Crippen LogP contribution in [0.2, 0.25) is 0 Å². The number of fused-ring (bicyclic) bond motifs is 2. The van der Waals surface area contributed by atoms with E-state index in [0.717, 1.165) is 33.5 Å². The summed E-state index contributed by atoms with van der Waals surface area (Å²) >= 11 is 0. The second-order valence-corrected chi connectivity index (χ2v) is 6.94. The molecule has 0 aliphatic carbocycles. The number of H-pyrrole nitrogens is 1. The molecule has 2 N–H and O–H groups in total. The lowest BCUT2D eigenvalue weighted by atomic mass is 9.89. The first-order valence-electron chi connectivity index (χ1n) is 9.08. The van der Waals surface area contributed by atoms with Crippen LogP contribution in [0, 0.1) is 5.92 Å². The molecule has 5 heteroatoms. The normalized spacial score (nSPS) is 19.0. The van der Waals surface area contributed by atoms with Crippen molar-refractivity contribution in [3.05, 3.63) is 72.7 Å². The number of pyridine rings is 1. The van der Waals surface area contributed by atoms with Crippen LogP contribution in [0.1, 0.15) is 18.5 Å². The molecule has 1 aliphatic rings. The number of hydrogen-bond acceptors (Lipinski definition) is 4. The summed E-state index contributed by atoms with van der Waals surface area (Å²) in [5.41, 5.74) is 3.03. The van der Waals surface area contributed by atoms with Crippen LogP contribution in [0.25, 0.3) is 21.7 Å². The van der Waals surface area contributed by atoms with E-state index < -0.39 is 0 Å². The van der Waals surface area contributed by atoms with E-state index in [1.807, 2.05) is 24.7 Å². The van der Waals surface area contributed by atoms with Crippen LogP contribution in [0.5, 0.6) is 0 Å². The molecule has 0 spiro atoms. The Morgan fingerprint density at radius 1 is 1.04 bits per heavy atom. The zero-order valence-corrected chi connectivity index (χ0v) is 14.9. The van der Waals surface area contributed by atoms with E-state index >= 15 is 0 Å². The van der Waals surface area contributed by atoms with Crippen molar-refractivity contribution in [3.8, 4) is 0 Å². The Hall–Kier alpha value is -3.47. The van der Waals surface area contributed by atoms with Crippen molar-refractivity contribution < 1.29 is 0 Å². The van der Waals surface area contributed by atoms with Gasteiger partial charge in [-0.15, -0.1) is 0 Å². The summed E-state index contributed by atoms with van der Waals surface area (Å²) in [6.07, 6.45) is 7.80. The summed E-state index contributed by atoms with van der Waals surface area (Å²) in [6, 6.07) is 16.7. The molecule has 0 bridgehead atoms. The third-order valence-electron chi connectivity index (χ3n) is 5.07. The van der Waals surface area contributed by atoms with E-state index in [4.69, 9.17) is 4.98 Å². The summed E-state index contributed by atoms with van der Waals surface area (Å²) in [5.74, 6) is 1.41. The fraction of sp³-hybridized carbons (Fsp3) is 0.136. The Bertz CT molecular complexity index is 1190. The van der Waals surface area contributed by atoms with Gasteiger partial charge < -0.3 is 5.32 Å². The fourth-order valence-corrected chi connectivity index (χ4v) is 3.60. The molecule has 0 radical (unpaired) electrons. The zero-order valence-electron chi connectivity index (χ0n) is 14.9. The van der Waals surface area contributed by atoms with Gasteiger partial charge in [0.1, 0.15) is 5.82 Å². The maximum absolute atomic E-state index is 4.99. The number of nitrogens with zero attached hydrogens (tertiary/aromatic N) is 3. The van der Waals surface area contributed by atoms with E-state index in [1.54, 1.807) is 0 Å². The van der Waals surface area contributed by atoms with Gasteiger partial charge in [-0.25, -0.2) is 4.98 Å². The minimum atomic E-state index is 0.225. The summed E-state index contributed by atoms with van der Waals surface area (Å²) in [5, 5.41) is 14.0. The van der Waals surface area contributed by atoms with Gasteiger partial charge in [0, 0.05) is 40.7 Å². The fourth-order valence-electron chi connectivity index (χ4n) is 3.60. The topological polar surface area (TPSA) is 66.0 Å². The first-order valence-corrected chi connectivity index (χ1v) is 9.08. The van der Waals surface area contributed by atoms with Gasteiger partial charge in [-0.2, -0.15) is 5.10 Å². The van der Waals surface area contributed by atoms with Gasteiger partial charge >= 0.3 is 0 Å². The molecular formula is C22H19N5. The molecule has 5 nitrogen and oxygen atoms in total. The summed E-state index contributed by atoms with van der Waals surface area (Å²) in [6.45, 7) is 2.17. The van der Waals surface area contributed by atoms with Crippen molar-refractivity contribution in [3.63, 3.8) is 0 Å². The summed E-state index contributed by atoms with van der Waals surface area (Å²) in [4.78, 5) is 9.24. The van der Waals surface area contributed by atoms with Crippen LogP contribution in [-0.2, 0) is 0 Å². The Balaban J connectivity index is 1.61. The van der Waals surface area contributed by atoms with Crippen molar-refractivity contribution in [1.82, 2.24) is 15.2 Å². The summed E-state index contributed by atoms with van der Waals surface area (Å²) < 4.78 is 0. The number of anilines is 2. The number of aromatic amines is 1. The number of rotatable bonds is 3. The molecular weight excluding hydrogens is 334 g/mol. The van der Waals surface area contributed by atoms with E-state index in [1.165, 1.54) is 5.39 Å². The highest BCUT2D eigenvalue weighted by Gasteiger charge is 2.20. The van der Waals surface area contributed by atoms with Crippen molar-refractivity contribution in [1.29, 1.82) is 0 Å². The molecule has 0 saturated heterocycles. The predicted molar refractivity (Wildman–Crippen MR) is 111 cm³/mol. The molecule has 2 unspecified atom stereocenters. The molecule has 3 heterocycles. The number of benzene rings is 2. The average molecular weight is 353 g/mol. The summed E-state index contributed by atoms with van der Waals surface area (Å²) in [7, 11) is 0. The maximum atomic E-state index is 4.99. The van der Waals surface area contributed by atoms with Crippen LogP contribution in [0.15, 0.2) is 72.0 Å². The van der Waals surface area contributed by atoms with Crippen molar-refractivity contribution in [2.24, 2.45) is 10.9 Å². The van der Waals surface area contributed by atoms with E-state index in [-0.39, 0.29) is 5.92 Å². The monoisotopic (exact) mass is 353 g/mol. The van der Waals surface area contributed by atoms with Crippen molar-refractivity contribution >= 4 is 39.4 Å². The van der Waals surface area contributed by atoms with Crippen molar-refractivity contribution in [2.45, 2.75) is 12.8 Å². The predicted octanol–water partition coefficient (Wildman–Crippen LogP) is 5.17. The number of nitrogens with one attached hydrogen (secondary N) is 2. The van der Waals surface area contributed by atoms with Gasteiger partial charge in [-0.05, 0) is 29.7 Å². The van der Waals surface area contributed by atoms with Gasteiger partial charge in [0.05, 0.1) is 17.4 Å². The van der Waals surface area contributed by atoms with E-state index in [2.05, 4.69) is 76.0 Å². The molecule has 5 rings (SSSR count). The molecule has 4 aromatic rings. The standard InChI is InChI=1S/C22H19N5/c1-14-12-23-9-8-18(14)21-10-15-4-2-3-5-19(15)22(26-21)25-17-7-6-16-13-24-27-20(16)11-17/h2-14,18H,1H3,(H,24,27)(H,25,26). The minimum Gasteiger partial charge on any atom is -0.340 e. The van der Waals surface area contributed by atoms with Gasteiger partial charge in [-0.1, -0.05) is 37.3 Å². The highest BCUT2D eigenvalue weighted by molar-refractivity contribution is 5.94. The minimum absolute atomic E-state index is 0.225. The van der Waals surface area contributed by atoms with Gasteiger partial charge in [-0.3, -0.25) is 10.1 Å². The molecule has 2 aromatic carbocycles. The molecule has 2 atom stereocenters. The largest absolute Gasteiger partial charge is 0.340 e. The van der Waals surface area contributed by atoms with E-state index in [0.29, 0.717) is 5.92 Å². The van der Waals surface area contributed by atoms with Gasteiger partial charge in [0.25, 0.3) is 0 Å². The quantitative estimate of drug-likeness (QED) is 0.534. The Morgan fingerprint density at radius 3 is 2.89 bits per heavy atom. The molecule has 1 aliphatic heterocycles. The van der Waals surface area contributed by atoms with Crippen LogP contribution in [0.3, 0.4) is 0 Å². The van der Waals surface area contributed by atoms with Crippen LogP contribution < -0.4 is 5.32 Å². The number of hydrogen-bond donors (Lipinski definition) is 2. The maximum Gasteiger partial charge on any atom is 0.138 e. The first kappa shape index (κ1) is 15.8. The van der Waals surface area contributed by atoms with E-state index in [9.17, 15) is 0 Å². The zero-order chi connectivity index (χ0) is 18.2. The first-order chi connectivity index (χ1) is 13.3. The highest BCUT2D eigenvalue weighted by atomic mass is 15.1. The Morgan fingerprint density at radius 2 is 1.96 bits per heavy atom. The highest BCUT2D eigenvalue weighted by Crippen LogP contribution is 2.32. The van der Waals surface area contributed by atoms with Crippen molar-refractivity contribution in [2.75, 3.05) is 5.32 Å². The molecule has 132 valence electrons. The van der Waals surface area contributed by atoms with Gasteiger partial charge in [0.15, 0.2) is 0 Å². The van der Waals surface area contributed by atoms with Gasteiger partial charge in [0.2, 0.25) is 0 Å². The molecule has 0 saturated carbocycles. The Kier molecular flexibility index (Phi) is 3.71. The second-order valence-electron chi connectivity index (χ2n) is 6.94. The number of aromatic nitrogens is 3. The lowest BCUT2D eigenvalue weighted by molar-refractivity contribution is 0.665. The third kappa shape index (κ3) is 2.87. The smallest absolute Gasteiger partial charge is 0.138 e. The molecule has 0 amide bonds.